The van der Waals surface area contributed by atoms with Gasteiger partial charge < -0.3 is 10.1 Å². The topological polar surface area (TPSA) is 39.3 Å². The molecule has 1 aliphatic heterocycles. The van der Waals surface area contributed by atoms with Gasteiger partial charge in [-0.1, -0.05) is 64.5 Å². The molecule has 1 fully saturated rings. The maximum atomic E-state index is 10.3. The summed E-state index contributed by atoms with van der Waals surface area (Å²) in [7, 11) is 0. The first-order valence-corrected chi connectivity index (χ1v) is 12.2. The van der Waals surface area contributed by atoms with E-state index in [4.69, 9.17) is 0 Å². The molecule has 0 saturated carbocycles. The maximum Gasteiger partial charge on any atom is 0.115 e. The second-order valence-electron chi connectivity index (χ2n) is 9.53. The molecule has 1 unspecified atom stereocenters. The van der Waals surface area contributed by atoms with Crippen molar-refractivity contribution in [2.45, 2.75) is 31.2 Å². The normalized spacial score (nSPS) is 23.1. The highest BCUT2D eigenvalue weighted by molar-refractivity contribution is 9.10. The minimum absolute atomic E-state index is 0.0526. The van der Waals surface area contributed by atoms with Gasteiger partial charge in [0.15, 0.2) is 0 Å². The third kappa shape index (κ3) is 3.37. The van der Waals surface area contributed by atoms with Gasteiger partial charge in [0, 0.05) is 39.6 Å². The number of nitrogens with one attached hydrogen (secondary N) is 1. The zero-order chi connectivity index (χ0) is 21.7. The summed E-state index contributed by atoms with van der Waals surface area (Å²) in [6.07, 6.45) is 3.17. The summed E-state index contributed by atoms with van der Waals surface area (Å²) >= 11 is 3.63. The Kier molecular flexibility index (Phi) is 4.89. The number of piperidine rings is 1. The van der Waals surface area contributed by atoms with Gasteiger partial charge in [0.2, 0.25) is 0 Å². The quantitative estimate of drug-likeness (QED) is 0.362. The lowest BCUT2D eigenvalue weighted by atomic mass is 9.58. The molecule has 2 N–H and O–H groups in total. The first kappa shape index (κ1) is 20.1. The van der Waals surface area contributed by atoms with E-state index in [9.17, 15) is 5.11 Å². The fourth-order valence-corrected chi connectivity index (χ4v) is 6.51. The van der Waals surface area contributed by atoms with Crippen molar-refractivity contribution in [3.63, 3.8) is 0 Å². The molecule has 0 radical (unpaired) electrons. The van der Waals surface area contributed by atoms with Gasteiger partial charge in [-0.25, -0.2) is 0 Å². The van der Waals surface area contributed by atoms with Crippen molar-refractivity contribution >= 4 is 26.8 Å². The predicted molar refractivity (Wildman–Crippen MR) is 133 cm³/mol. The van der Waals surface area contributed by atoms with Gasteiger partial charge in [-0.3, -0.25) is 4.90 Å². The number of likely N-dealkylation sites (tertiary alicyclic amines) is 1. The highest BCUT2D eigenvalue weighted by Gasteiger charge is 2.48. The van der Waals surface area contributed by atoms with Crippen molar-refractivity contribution in [1.29, 1.82) is 0 Å². The van der Waals surface area contributed by atoms with E-state index in [0.29, 0.717) is 11.7 Å². The van der Waals surface area contributed by atoms with E-state index < -0.39 is 0 Å². The Balaban J connectivity index is 1.41. The Morgan fingerprint density at radius 3 is 2.75 bits per heavy atom. The molecule has 4 aromatic rings. The number of hydrogen-bond acceptors (Lipinski definition) is 2. The number of aromatic hydroxyl groups is 1. The SMILES string of the molecule is Oc1cccc([C@@]23CCN(Cc4ccccc4)CC2Cc2c([nH]c4cc(Br)ccc24)C3)c1. The van der Waals surface area contributed by atoms with Crippen LogP contribution in [0, 0.1) is 5.92 Å². The Hall–Kier alpha value is -2.56. The van der Waals surface area contributed by atoms with Crippen LogP contribution in [-0.4, -0.2) is 28.1 Å². The second-order valence-corrected chi connectivity index (χ2v) is 10.4. The van der Waals surface area contributed by atoms with Crippen LogP contribution in [0.5, 0.6) is 5.75 Å². The summed E-state index contributed by atoms with van der Waals surface area (Å²) in [6, 6.07) is 25.4. The number of aromatic nitrogens is 1. The van der Waals surface area contributed by atoms with Crippen LogP contribution in [-0.2, 0) is 24.8 Å². The molecule has 0 spiro atoms. The van der Waals surface area contributed by atoms with E-state index in [0.717, 1.165) is 43.4 Å². The fraction of sp³-hybridized carbons (Fsp3) is 0.286. The van der Waals surface area contributed by atoms with Crippen LogP contribution in [0.2, 0.25) is 0 Å². The Bertz CT molecular complexity index is 1280. The number of hydrogen-bond donors (Lipinski definition) is 2. The first-order chi connectivity index (χ1) is 15.6. The Morgan fingerprint density at radius 2 is 1.91 bits per heavy atom. The Morgan fingerprint density at radius 1 is 1.03 bits per heavy atom. The fourth-order valence-electron chi connectivity index (χ4n) is 6.14. The third-order valence-electron chi connectivity index (χ3n) is 7.70. The van der Waals surface area contributed by atoms with E-state index in [1.807, 2.05) is 12.1 Å². The summed E-state index contributed by atoms with van der Waals surface area (Å²) < 4.78 is 1.11. The average molecular weight is 487 g/mol. The summed E-state index contributed by atoms with van der Waals surface area (Å²) in [5.41, 5.74) is 6.79. The van der Waals surface area contributed by atoms with Crippen LogP contribution in [0.1, 0.15) is 28.8 Å². The highest BCUT2D eigenvalue weighted by atomic mass is 79.9. The summed E-state index contributed by atoms with van der Waals surface area (Å²) in [4.78, 5) is 6.37. The second kappa shape index (κ2) is 7.79. The van der Waals surface area contributed by atoms with E-state index in [-0.39, 0.29) is 5.41 Å². The number of phenolic OH excluding ortho intramolecular Hbond substituents is 1. The number of H-pyrrole nitrogens is 1. The van der Waals surface area contributed by atoms with Gasteiger partial charge in [-0.05, 0) is 72.7 Å². The predicted octanol–water partition coefficient (Wildman–Crippen LogP) is 6.19. The van der Waals surface area contributed by atoms with Crippen molar-refractivity contribution in [2.75, 3.05) is 13.1 Å². The standard InChI is InChI=1S/C28H27BrN2O/c29-22-9-10-24-25-14-21-18-31(17-19-5-2-1-3-6-19)12-11-28(21,16-27(25)30-26(24)15-22)20-7-4-8-23(32)13-20/h1-10,13,15,21,30,32H,11-12,14,16-18H2/t21?,28-/m0/s1. The lowest BCUT2D eigenvalue weighted by molar-refractivity contribution is 0.0765. The van der Waals surface area contributed by atoms with Crippen molar-refractivity contribution < 1.29 is 5.11 Å². The monoisotopic (exact) mass is 486 g/mol. The molecule has 0 bridgehead atoms. The summed E-state index contributed by atoms with van der Waals surface area (Å²) in [5, 5.41) is 11.6. The average Bonchev–Trinajstić information content (AvgIpc) is 3.14. The molecule has 1 aromatic heterocycles. The molecule has 162 valence electrons. The van der Waals surface area contributed by atoms with Crippen LogP contribution in [0.4, 0.5) is 0 Å². The van der Waals surface area contributed by atoms with Gasteiger partial charge in [-0.2, -0.15) is 0 Å². The summed E-state index contributed by atoms with van der Waals surface area (Å²) in [6.45, 7) is 3.15. The summed E-state index contributed by atoms with van der Waals surface area (Å²) in [5.74, 6) is 0.880. The third-order valence-corrected chi connectivity index (χ3v) is 8.20. The largest absolute Gasteiger partial charge is 0.508 e. The van der Waals surface area contributed by atoms with Gasteiger partial charge in [0.25, 0.3) is 0 Å². The van der Waals surface area contributed by atoms with Gasteiger partial charge in [-0.15, -0.1) is 0 Å². The van der Waals surface area contributed by atoms with Crippen LogP contribution in [0.3, 0.4) is 0 Å². The maximum absolute atomic E-state index is 10.3. The zero-order valence-corrected chi connectivity index (χ0v) is 19.6. The van der Waals surface area contributed by atoms with E-state index in [2.05, 4.69) is 80.4 Å². The molecule has 0 amide bonds. The van der Waals surface area contributed by atoms with E-state index >= 15 is 0 Å². The van der Waals surface area contributed by atoms with Crippen LogP contribution >= 0.6 is 15.9 Å². The molecule has 2 atom stereocenters. The van der Waals surface area contributed by atoms with E-state index in [1.54, 1.807) is 6.07 Å². The lowest BCUT2D eigenvalue weighted by Crippen LogP contribution is -2.53. The van der Waals surface area contributed by atoms with Gasteiger partial charge in [0.05, 0.1) is 0 Å². The molecule has 1 saturated heterocycles. The molecule has 2 heterocycles. The van der Waals surface area contributed by atoms with Crippen LogP contribution in [0.25, 0.3) is 10.9 Å². The van der Waals surface area contributed by atoms with Crippen molar-refractivity contribution in [3.05, 3.63) is 99.7 Å². The van der Waals surface area contributed by atoms with Crippen molar-refractivity contribution in [2.24, 2.45) is 5.92 Å². The number of aromatic amines is 1. The van der Waals surface area contributed by atoms with Crippen molar-refractivity contribution in [1.82, 2.24) is 9.88 Å². The number of benzene rings is 3. The Labute approximate surface area is 197 Å². The van der Waals surface area contributed by atoms with Gasteiger partial charge >= 0.3 is 0 Å². The zero-order valence-electron chi connectivity index (χ0n) is 18.0. The minimum atomic E-state index is 0.0526. The lowest BCUT2D eigenvalue weighted by Gasteiger charge is -2.51. The minimum Gasteiger partial charge on any atom is -0.508 e. The van der Waals surface area contributed by atoms with Crippen LogP contribution in [0.15, 0.2) is 77.3 Å². The highest BCUT2D eigenvalue weighted by Crippen LogP contribution is 2.49. The van der Waals surface area contributed by atoms with Crippen LogP contribution < -0.4 is 0 Å². The number of phenols is 1. The molecule has 6 rings (SSSR count). The molecule has 4 heteroatoms. The van der Waals surface area contributed by atoms with Gasteiger partial charge in [0.1, 0.15) is 5.75 Å². The molecule has 3 nitrogen and oxygen atoms in total. The van der Waals surface area contributed by atoms with Crippen molar-refractivity contribution in [3.8, 4) is 5.75 Å². The number of nitrogens with zero attached hydrogens (tertiary/aromatic N) is 1. The smallest absolute Gasteiger partial charge is 0.115 e. The molecule has 1 aliphatic carbocycles. The van der Waals surface area contributed by atoms with E-state index in [1.165, 1.54) is 33.3 Å². The molecular weight excluding hydrogens is 460 g/mol. The molecular formula is C28H27BrN2O. The number of rotatable bonds is 3. The molecule has 32 heavy (non-hydrogen) atoms. The molecule has 2 aliphatic rings. The number of fused-ring (bicyclic) bond motifs is 4. The molecule has 3 aromatic carbocycles. The first-order valence-electron chi connectivity index (χ1n) is 11.5. The number of halogens is 1.